The van der Waals surface area contributed by atoms with Crippen LogP contribution in [0.1, 0.15) is 40.4 Å². The molecule has 0 bridgehead atoms. The van der Waals surface area contributed by atoms with Crippen LogP contribution in [0.3, 0.4) is 0 Å². The lowest BCUT2D eigenvalue weighted by atomic mass is 10.1. The minimum atomic E-state index is -1.21. The van der Waals surface area contributed by atoms with Gasteiger partial charge in [0.05, 0.1) is 17.8 Å². The smallest absolute Gasteiger partial charge is 0.339 e. The van der Waals surface area contributed by atoms with E-state index in [9.17, 15) is 19.5 Å². The predicted molar refractivity (Wildman–Crippen MR) is 117 cm³/mol. The van der Waals surface area contributed by atoms with Crippen LogP contribution in [0.15, 0.2) is 47.3 Å². The molecule has 2 aromatic carbocycles. The molecule has 0 saturated carbocycles. The van der Waals surface area contributed by atoms with Crippen LogP contribution in [0, 0.1) is 0 Å². The van der Waals surface area contributed by atoms with Crippen molar-refractivity contribution in [2.75, 3.05) is 12.5 Å². The molecule has 0 saturated heterocycles. The van der Waals surface area contributed by atoms with E-state index in [2.05, 4.69) is 10.4 Å². The van der Waals surface area contributed by atoms with Crippen molar-refractivity contribution in [1.29, 1.82) is 0 Å². The fourth-order valence-electron chi connectivity index (χ4n) is 3.13. The zero-order valence-corrected chi connectivity index (χ0v) is 17.9. The van der Waals surface area contributed by atoms with E-state index in [1.807, 2.05) is 18.2 Å². The van der Waals surface area contributed by atoms with Crippen molar-refractivity contribution in [1.82, 2.24) is 9.66 Å². The number of carboxylic acid groups (broad SMARTS) is 1. The van der Waals surface area contributed by atoms with Crippen LogP contribution in [-0.2, 0) is 6.42 Å². The first-order chi connectivity index (χ1) is 14.8. The van der Waals surface area contributed by atoms with Gasteiger partial charge >= 0.3 is 5.97 Å². The third-order valence-corrected chi connectivity index (χ3v) is 4.92. The maximum Gasteiger partial charge on any atom is 0.339 e. The first-order valence-electron chi connectivity index (χ1n) is 9.38. The van der Waals surface area contributed by atoms with Crippen molar-refractivity contribution in [3.63, 3.8) is 0 Å². The maximum absolute atomic E-state index is 13.1. The lowest BCUT2D eigenvalue weighted by Crippen LogP contribution is -2.35. The summed E-state index contributed by atoms with van der Waals surface area (Å²) in [4.78, 5) is 41.5. The number of carbonyl (C=O) groups excluding carboxylic acids is 1. The third-order valence-electron chi connectivity index (χ3n) is 4.61. The highest BCUT2D eigenvalue weighted by Crippen LogP contribution is 2.31. The normalized spacial score (nSPS) is 10.6. The second-order valence-electron chi connectivity index (χ2n) is 6.62. The summed E-state index contributed by atoms with van der Waals surface area (Å²) >= 11 is 6.27. The van der Waals surface area contributed by atoms with E-state index in [1.165, 1.54) is 26.2 Å². The Morgan fingerprint density at radius 3 is 2.45 bits per heavy atom. The van der Waals surface area contributed by atoms with Gasteiger partial charge in [-0.15, -0.1) is 0 Å². The van der Waals surface area contributed by atoms with Gasteiger partial charge in [-0.1, -0.05) is 48.9 Å². The van der Waals surface area contributed by atoms with Gasteiger partial charge in [-0.3, -0.25) is 15.0 Å². The third kappa shape index (κ3) is 4.29. The first kappa shape index (κ1) is 22.0. The number of halogens is 1. The number of rotatable bonds is 7. The molecule has 0 amide bonds. The van der Waals surface area contributed by atoms with Gasteiger partial charge in [-0.25, -0.2) is 14.5 Å². The largest absolute Gasteiger partial charge is 0.496 e. The number of ether oxygens (including phenoxy) is 1. The number of benzene rings is 2. The molecule has 3 rings (SSSR count). The number of carboxylic acids is 1. The molecule has 1 aromatic heterocycles. The van der Waals surface area contributed by atoms with Gasteiger partial charge in [0.2, 0.25) is 0 Å². The molecular weight excluding hydrogens is 422 g/mol. The number of hydrogen-bond acceptors (Lipinski definition) is 6. The Bertz CT molecular complexity index is 1220. The highest BCUT2D eigenvalue weighted by molar-refractivity contribution is 6.33. The van der Waals surface area contributed by atoms with E-state index in [4.69, 9.17) is 16.3 Å². The van der Waals surface area contributed by atoms with Gasteiger partial charge in [0.1, 0.15) is 28.4 Å². The molecule has 0 fully saturated rings. The summed E-state index contributed by atoms with van der Waals surface area (Å²) in [5, 5.41) is 9.36. The molecular formula is C22H20ClN3O5. The van der Waals surface area contributed by atoms with E-state index in [0.29, 0.717) is 17.7 Å². The summed E-state index contributed by atoms with van der Waals surface area (Å²) in [7, 11) is 1.32. The van der Waals surface area contributed by atoms with Gasteiger partial charge in [0.15, 0.2) is 5.78 Å². The predicted octanol–water partition coefficient (Wildman–Crippen LogP) is 3.91. The fourth-order valence-corrected chi connectivity index (χ4v) is 3.33. The number of nitrogens with zero attached hydrogens (tertiary/aromatic N) is 2. The second-order valence-corrected chi connectivity index (χ2v) is 7.03. The van der Waals surface area contributed by atoms with Crippen LogP contribution in [0.5, 0.6) is 5.75 Å². The summed E-state index contributed by atoms with van der Waals surface area (Å²) in [5.74, 6) is -1.55. The van der Waals surface area contributed by atoms with Crippen LogP contribution in [0.25, 0.3) is 11.3 Å². The highest BCUT2D eigenvalue weighted by atomic mass is 35.5. The monoisotopic (exact) mass is 441 g/mol. The summed E-state index contributed by atoms with van der Waals surface area (Å²) in [5.41, 5.74) is 3.72. The Kier molecular flexibility index (Phi) is 6.41. The van der Waals surface area contributed by atoms with Crippen molar-refractivity contribution in [2.45, 2.75) is 20.3 Å². The number of carbonyl (C=O) groups is 2. The molecule has 0 aliphatic carbocycles. The van der Waals surface area contributed by atoms with Gasteiger partial charge in [0.25, 0.3) is 5.56 Å². The van der Waals surface area contributed by atoms with Gasteiger partial charge in [-0.2, -0.15) is 0 Å². The maximum atomic E-state index is 13.1. The average molecular weight is 442 g/mol. The lowest BCUT2D eigenvalue weighted by molar-refractivity contribution is 0.0693. The molecule has 0 radical (unpaired) electrons. The zero-order chi connectivity index (χ0) is 22.7. The number of nitrogens with one attached hydrogen (secondary N) is 1. The van der Waals surface area contributed by atoms with Gasteiger partial charge in [-0.05, 0) is 12.5 Å². The number of aromatic nitrogens is 2. The van der Waals surface area contributed by atoms with Crippen molar-refractivity contribution < 1.29 is 19.4 Å². The quantitative estimate of drug-likeness (QED) is 0.535. The first-order valence-corrected chi connectivity index (χ1v) is 9.76. The molecule has 0 unspecified atom stereocenters. The Morgan fingerprint density at radius 1 is 1.23 bits per heavy atom. The number of aromatic carboxylic acids is 1. The van der Waals surface area contributed by atoms with Crippen molar-refractivity contribution in [3.8, 4) is 17.0 Å². The molecule has 3 aromatic rings. The average Bonchev–Trinajstić information content (AvgIpc) is 2.76. The molecule has 0 aliphatic heterocycles. The number of aryl methyl sites for hydroxylation is 1. The second kappa shape index (κ2) is 9.01. The van der Waals surface area contributed by atoms with Crippen LogP contribution >= 0.6 is 11.6 Å². The molecule has 0 aliphatic rings. The number of methoxy groups -OCH3 is 1. The van der Waals surface area contributed by atoms with Crippen LogP contribution in [-0.4, -0.2) is 33.6 Å². The number of Topliss-reactive ketones (excluding diaryl/α,β-unsaturated/α-hetero) is 1. The fraction of sp³-hybridized carbons (Fsp3) is 0.182. The molecule has 0 spiro atoms. The van der Waals surface area contributed by atoms with Gasteiger partial charge in [0, 0.05) is 18.6 Å². The SMILES string of the molecule is CCc1nc(-c2ccccc2)c(C(C)=O)n(Nc2cc(OC)c(C(=O)O)cc2Cl)c1=O. The van der Waals surface area contributed by atoms with E-state index in [0.717, 1.165) is 4.68 Å². The lowest BCUT2D eigenvalue weighted by Gasteiger charge is -2.19. The Labute approximate surface area is 183 Å². The molecule has 0 atom stereocenters. The van der Waals surface area contributed by atoms with Crippen molar-refractivity contribution in [3.05, 3.63) is 74.8 Å². The highest BCUT2D eigenvalue weighted by Gasteiger charge is 2.22. The summed E-state index contributed by atoms with van der Waals surface area (Å²) in [6.07, 6.45) is 0.341. The molecule has 2 N–H and O–H groups in total. The van der Waals surface area contributed by atoms with E-state index >= 15 is 0 Å². The number of hydrogen-bond donors (Lipinski definition) is 2. The number of anilines is 1. The minimum absolute atomic E-state index is 0.0377. The molecule has 9 heteroatoms. The van der Waals surface area contributed by atoms with Gasteiger partial charge < -0.3 is 9.84 Å². The number of ketones is 1. The Hall–Kier alpha value is -3.65. The van der Waals surface area contributed by atoms with Crippen LogP contribution < -0.4 is 15.7 Å². The Balaban J connectivity index is 2.28. The topological polar surface area (TPSA) is 111 Å². The van der Waals surface area contributed by atoms with E-state index < -0.39 is 11.5 Å². The minimum Gasteiger partial charge on any atom is -0.496 e. The van der Waals surface area contributed by atoms with E-state index in [-0.39, 0.29) is 39.2 Å². The van der Waals surface area contributed by atoms with Crippen LogP contribution in [0.2, 0.25) is 5.02 Å². The van der Waals surface area contributed by atoms with Crippen molar-refractivity contribution in [2.24, 2.45) is 0 Å². The molecule has 8 nitrogen and oxygen atoms in total. The standard InChI is InChI=1S/C22H20ClN3O5/c1-4-16-21(28)26(20(12(2)27)19(24-16)13-8-6-5-7-9-13)25-17-11-18(31-3)14(22(29)30)10-15(17)23/h5-11,25H,4H2,1-3H3,(H,29,30). The van der Waals surface area contributed by atoms with Crippen molar-refractivity contribution >= 4 is 29.0 Å². The Morgan fingerprint density at radius 2 is 1.90 bits per heavy atom. The van der Waals surface area contributed by atoms with Crippen LogP contribution in [0.4, 0.5) is 5.69 Å². The molecule has 1 heterocycles. The molecule has 160 valence electrons. The zero-order valence-electron chi connectivity index (χ0n) is 17.1. The molecule has 31 heavy (non-hydrogen) atoms. The summed E-state index contributed by atoms with van der Waals surface area (Å²) in [6, 6.07) is 11.6. The van der Waals surface area contributed by atoms with E-state index in [1.54, 1.807) is 19.1 Å². The summed E-state index contributed by atoms with van der Waals surface area (Å²) < 4.78 is 6.23. The summed E-state index contributed by atoms with van der Waals surface area (Å²) in [6.45, 7) is 3.12.